The van der Waals surface area contributed by atoms with E-state index in [-0.39, 0.29) is 52.9 Å². The van der Waals surface area contributed by atoms with Crippen LogP contribution in [-0.4, -0.2) is 74.3 Å². The van der Waals surface area contributed by atoms with E-state index in [2.05, 4.69) is 0 Å². The summed E-state index contributed by atoms with van der Waals surface area (Å²) in [6, 6.07) is 69.7. The van der Waals surface area contributed by atoms with Gasteiger partial charge in [0.2, 0.25) is 0 Å². The first-order chi connectivity index (χ1) is 36.4. The standard InChI is InChI=1S/C63H68O11/c1-47-58(68-41-52-30-16-6-17-31-52)61(71-44-55-36-22-9-23-37-55)62(74-48(2)64)63(73-47)72-46-57(67-40-51-28-14-5-15-29-51)60(70-43-54-34-20-8-21-35-54)59(69-42-53-32-18-7-19-33-53)56(66-39-50-26-12-4-13-27-50)45-65-38-49-24-10-3-11-25-49/h3-37,47,56-63H,38-46H2,1-2H3/t47-,56+,57-,58-,59+,60+,61+,62+,63+/m0/s1. The van der Waals surface area contributed by atoms with Crippen LogP contribution in [0.3, 0.4) is 0 Å². The molecule has 0 bridgehead atoms. The summed E-state index contributed by atoms with van der Waals surface area (Å²) >= 11 is 0. The van der Waals surface area contributed by atoms with E-state index in [9.17, 15) is 4.79 Å². The van der Waals surface area contributed by atoms with Crippen molar-refractivity contribution >= 4 is 5.97 Å². The largest absolute Gasteiger partial charge is 0.454 e. The molecule has 1 saturated heterocycles. The zero-order chi connectivity index (χ0) is 51.0. The van der Waals surface area contributed by atoms with Crippen LogP contribution >= 0.6 is 0 Å². The molecule has 9 atom stereocenters. The molecule has 11 nitrogen and oxygen atoms in total. The minimum atomic E-state index is -1.12. The first-order valence-corrected chi connectivity index (χ1v) is 25.4. The van der Waals surface area contributed by atoms with Crippen LogP contribution in [0.15, 0.2) is 212 Å². The van der Waals surface area contributed by atoms with Crippen LogP contribution < -0.4 is 0 Å². The molecule has 0 aliphatic carbocycles. The molecule has 7 aromatic carbocycles. The Morgan fingerprint density at radius 2 is 0.716 bits per heavy atom. The van der Waals surface area contributed by atoms with E-state index in [1.54, 1.807) is 0 Å². The molecule has 1 fully saturated rings. The van der Waals surface area contributed by atoms with Gasteiger partial charge in [-0.25, -0.2) is 0 Å². The summed E-state index contributed by atoms with van der Waals surface area (Å²) in [7, 11) is 0. The first kappa shape index (κ1) is 53.9. The van der Waals surface area contributed by atoms with Gasteiger partial charge in [0.15, 0.2) is 12.4 Å². The molecule has 1 heterocycles. The highest BCUT2D eigenvalue weighted by molar-refractivity contribution is 5.66. The zero-order valence-electron chi connectivity index (χ0n) is 42.3. The summed E-state index contributed by atoms with van der Waals surface area (Å²) in [5.41, 5.74) is 6.78. The van der Waals surface area contributed by atoms with E-state index in [0.717, 1.165) is 38.9 Å². The zero-order valence-corrected chi connectivity index (χ0v) is 42.3. The lowest BCUT2D eigenvalue weighted by atomic mass is 9.98. The summed E-state index contributed by atoms with van der Waals surface area (Å²) in [6.07, 6.45) is -7.38. The second kappa shape index (κ2) is 29.5. The monoisotopic (exact) mass is 1000 g/mol. The van der Waals surface area contributed by atoms with Crippen LogP contribution in [0, 0.1) is 0 Å². The van der Waals surface area contributed by atoms with Gasteiger partial charge < -0.3 is 47.4 Å². The lowest BCUT2D eigenvalue weighted by Crippen LogP contribution is -2.61. The maximum atomic E-state index is 13.1. The van der Waals surface area contributed by atoms with Crippen LogP contribution in [0.2, 0.25) is 0 Å². The van der Waals surface area contributed by atoms with Crippen molar-refractivity contribution in [3.05, 3.63) is 251 Å². The number of rotatable bonds is 29. The highest BCUT2D eigenvalue weighted by atomic mass is 16.7. The van der Waals surface area contributed by atoms with Gasteiger partial charge in [-0.05, 0) is 45.9 Å². The Morgan fingerprint density at radius 3 is 1.09 bits per heavy atom. The fourth-order valence-electron chi connectivity index (χ4n) is 8.83. The van der Waals surface area contributed by atoms with Crippen molar-refractivity contribution in [1.29, 1.82) is 0 Å². The van der Waals surface area contributed by atoms with Crippen LogP contribution in [0.4, 0.5) is 0 Å². The molecule has 1 aliphatic heterocycles. The van der Waals surface area contributed by atoms with Gasteiger partial charge in [-0.1, -0.05) is 212 Å². The SMILES string of the molecule is CC(=O)O[C@H]1[C@H](OC[C@H](OCc2ccccc2)[C@@H](OCc2ccccc2)[C@H](OCc2ccccc2)[C@@H](COCc2ccccc2)OCc2ccccc2)O[C@@H](C)[C@H](OCc2ccccc2)[C@H]1OCc1ccccc1. The lowest BCUT2D eigenvalue weighted by Gasteiger charge is -2.45. The summed E-state index contributed by atoms with van der Waals surface area (Å²) in [5, 5.41) is 0. The third-order valence-corrected chi connectivity index (χ3v) is 12.7. The van der Waals surface area contributed by atoms with Gasteiger partial charge in [-0.2, -0.15) is 0 Å². The van der Waals surface area contributed by atoms with Crippen LogP contribution in [0.25, 0.3) is 0 Å². The van der Waals surface area contributed by atoms with E-state index in [1.807, 2.05) is 219 Å². The molecule has 0 N–H and O–H groups in total. The van der Waals surface area contributed by atoms with Gasteiger partial charge in [0.1, 0.15) is 36.6 Å². The van der Waals surface area contributed by atoms with Crippen molar-refractivity contribution in [2.75, 3.05) is 13.2 Å². The van der Waals surface area contributed by atoms with Crippen molar-refractivity contribution in [3.63, 3.8) is 0 Å². The number of hydrogen-bond donors (Lipinski definition) is 0. The van der Waals surface area contributed by atoms with Gasteiger partial charge in [0, 0.05) is 6.92 Å². The summed E-state index contributed by atoms with van der Waals surface area (Å²) in [5.74, 6) is -0.527. The fraction of sp³-hybridized carbons (Fsp3) is 0.317. The first-order valence-electron chi connectivity index (χ1n) is 25.4. The molecule has 0 spiro atoms. The number of ether oxygens (including phenoxy) is 10. The Labute approximate surface area is 436 Å². The minimum Gasteiger partial charge on any atom is -0.454 e. The highest BCUT2D eigenvalue weighted by Gasteiger charge is 2.49. The average molecular weight is 1000 g/mol. The number of hydrogen-bond acceptors (Lipinski definition) is 11. The van der Waals surface area contributed by atoms with Crippen molar-refractivity contribution in [2.24, 2.45) is 0 Å². The van der Waals surface area contributed by atoms with Crippen molar-refractivity contribution in [1.82, 2.24) is 0 Å². The number of benzene rings is 7. The maximum Gasteiger partial charge on any atom is 0.303 e. The van der Waals surface area contributed by atoms with Crippen LogP contribution in [-0.2, 0) is 98.4 Å². The van der Waals surface area contributed by atoms with Gasteiger partial charge in [0.25, 0.3) is 0 Å². The highest BCUT2D eigenvalue weighted by Crippen LogP contribution is 2.32. The predicted molar refractivity (Wildman–Crippen MR) is 282 cm³/mol. The van der Waals surface area contributed by atoms with Crippen molar-refractivity contribution in [3.8, 4) is 0 Å². The molecule has 8 rings (SSSR count). The van der Waals surface area contributed by atoms with E-state index >= 15 is 0 Å². The van der Waals surface area contributed by atoms with Crippen LogP contribution in [0.1, 0.15) is 52.8 Å². The Balaban J connectivity index is 1.15. The quantitative estimate of drug-likeness (QED) is 0.0418. The summed E-state index contributed by atoms with van der Waals surface area (Å²) in [4.78, 5) is 13.1. The smallest absolute Gasteiger partial charge is 0.303 e. The normalized spacial score (nSPS) is 19.2. The topological polar surface area (TPSA) is 109 Å². The van der Waals surface area contributed by atoms with E-state index in [4.69, 9.17) is 47.4 Å². The molecule has 0 radical (unpaired) electrons. The fourth-order valence-corrected chi connectivity index (χ4v) is 8.83. The van der Waals surface area contributed by atoms with Gasteiger partial charge in [0.05, 0.1) is 65.6 Å². The Bertz CT molecular complexity index is 2600. The van der Waals surface area contributed by atoms with Crippen LogP contribution in [0.5, 0.6) is 0 Å². The van der Waals surface area contributed by atoms with Gasteiger partial charge >= 0.3 is 5.97 Å². The molecular formula is C63H68O11. The van der Waals surface area contributed by atoms with Gasteiger partial charge in [-0.15, -0.1) is 0 Å². The predicted octanol–water partition coefficient (Wildman–Crippen LogP) is 11.4. The molecule has 0 unspecified atom stereocenters. The van der Waals surface area contributed by atoms with Crippen molar-refractivity contribution < 1.29 is 52.2 Å². The molecule has 0 saturated carbocycles. The Hall–Kier alpha value is -6.35. The minimum absolute atomic E-state index is 0.0934. The molecular weight excluding hydrogens is 933 g/mol. The van der Waals surface area contributed by atoms with Gasteiger partial charge in [-0.3, -0.25) is 4.79 Å². The molecule has 11 heteroatoms. The van der Waals surface area contributed by atoms with E-state index in [1.165, 1.54) is 6.92 Å². The Kier molecular flexibility index (Phi) is 21.5. The third kappa shape index (κ3) is 17.1. The van der Waals surface area contributed by atoms with E-state index < -0.39 is 61.1 Å². The number of carbonyl (C=O) groups is 1. The average Bonchev–Trinajstić information content (AvgIpc) is 3.45. The summed E-state index contributed by atoms with van der Waals surface area (Å²) < 4.78 is 67.9. The maximum absolute atomic E-state index is 13.1. The molecule has 1 aliphatic rings. The molecule has 7 aromatic rings. The Morgan fingerprint density at radius 1 is 0.392 bits per heavy atom. The lowest BCUT2D eigenvalue weighted by molar-refractivity contribution is -0.319. The summed E-state index contributed by atoms with van der Waals surface area (Å²) in [6.45, 7) is 5.13. The number of esters is 1. The molecule has 386 valence electrons. The molecule has 74 heavy (non-hydrogen) atoms. The third-order valence-electron chi connectivity index (χ3n) is 12.7. The number of carbonyl (C=O) groups excluding carboxylic acids is 1. The second-order valence-electron chi connectivity index (χ2n) is 18.3. The molecule has 0 aromatic heterocycles. The molecule has 0 amide bonds. The second-order valence-corrected chi connectivity index (χ2v) is 18.3. The van der Waals surface area contributed by atoms with E-state index in [0.29, 0.717) is 6.61 Å². The van der Waals surface area contributed by atoms with Crippen molar-refractivity contribution in [2.45, 2.75) is 115 Å².